The van der Waals surface area contributed by atoms with Gasteiger partial charge >= 0.3 is 11.9 Å². The van der Waals surface area contributed by atoms with E-state index < -0.39 is 47.7 Å². The lowest BCUT2D eigenvalue weighted by Gasteiger charge is -2.32. The van der Waals surface area contributed by atoms with Crippen molar-refractivity contribution in [3.8, 4) is 0 Å². The van der Waals surface area contributed by atoms with Crippen LogP contribution in [0.15, 0.2) is 24.3 Å². The number of nitrogens with two attached hydrogens (primary N) is 2. The number of carbonyl (C=O) groups is 6. The standard InChI is InChI=1S/C28H32N4O8/c1-39-27(37)19(29)7-3-5-13-31-23(33)15-9-11-17-22-18(12-10-16(21(15)22)24(31)34)26(36)32(25(17)35)14-6-4-8-20(30)28(38)40-2/h9-12,19-20H,3-8,13-14,29-30H2,1-2H3/t19-,20-/m0/s1. The monoisotopic (exact) mass is 552 g/mol. The van der Waals surface area contributed by atoms with Gasteiger partial charge in [-0.1, -0.05) is 0 Å². The molecule has 0 spiro atoms. The van der Waals surface area contributed by atoms with Crippen molar-refractivity contribution in [1.82, 2.24) is 9.80 Å². The average molecular weight is 553 g/mol. The van der Waals surface area contributed by atoms with Gasteiger partial charge in [0.25, 0.3) is 23.6 Å². The van der Waals surface area contributed by atoms with Crippen molar-refractivity contribution in [3.05, 3.63) is 46.5 Å². The number of hydrogen-bond acceptors (Lipinski definition) is 10. The molecule has 0 unspecified atom stereocenters. The number of rotatable bonds is 12. The van der Waals surface area contributed by atoms with E-state index in [1.54, 1.807) is 0 Å². The van der Waals surface area contributed by atoms with Crippen LogP contribution in [0.1, 0.15) is 80.0 Å². The minimum Gasteiger partial charge on any atom is -0.468 e. The zero-order chi connectivity index (χ0) is 29.1. The lowest BCUT2D eigenvalue weighted by molar-refractivity contribution is -0.143. The summed E-state index contributed by atoms with van der Waals surface area (Å²) in [5.74, 6) is -3.09. The third-order valence-corrected chi connectivity index (χ3v) is 7.36. The Balaban J connectivity index is 1.51. The van der Waals surface area contributed by atoms with E-state index in [1.807, 2.05) is 0 Å². The van der Waals surface area contributed by atoms with E-state index in [-0.39, 0.29) is 35.3 Å². The largest absolute Gasteiger partial charge is 0.468 e. The quantitative estimate of drug-likeness (QED) is 0.222. The number of methoxy groups -OCH3 is 2. The van der Waals surface area contributed by atoms with Crippen LogP contribution >= 0.6 is 0 Å². The molecule has 12 heteroatoms. The molecule has 2 aliphatic rings. The first kappa shape index (κ1) is 28.8. The second kappa shape index (κ2) is 11.9. The fraction of sp³-hybridized carbons (Fsp3) is 0.429. The molecule has 0 aliphatic carbocycles. The molecule has 0 fully saturated rings. The molecule has 0 saturated heterocycles. The molecule has 0 aromatic heterocycles. The maximum absolute atomic E-state index is 13.3. The predicted octanol–water partition coefficient (Wildman–Crippen LogP) is 1.37. The van der Waals surface area contributed by atoms with E-state index in [0.29, 0.717) is 49.3 Å². The zero-order valence-corrected chi connectivity index (χ0v) is 22.4. The van der Waals surface area contributed by atoms with Crippen LogP contribution in [0.5, 0.6) is 0 Å². The number of unbranched alkanes of at least 4 members (excludes halogenated alkanes) is 2. The molecule has 0 saturated carbocycles. The third kappa shape index (κ3) is 5.19. The molecule has 4 N–H and O–H groups in total. The molecule has 2 heterocycles. The summed E-state index contributed by atoms with van der Waals surface area (Å²) in [4.78, 5) is 78.6. The molecule has 212 valence electrons. The maximum atomic E-state index is 13.3. The maximum Gasteiger partial charge on any atom is 0.322 e. The van der Waals surface area contributed by atoms with Crippen LogP contribution < -0.4 is 11.5 Å². The Hall–Kier alpha value is -4.16. The zero-order valence-electron chi connectivity index (χ0n) is 22.4. The van der Waals surface area contributed by atoms with E-state index >= 15 is 0 Å². The van der Waals surface area contributed by atoms with Crippen LogP contribution in [0.4, 0.5) is 0 Å². The molecule has 4 amide bonds. The van der Waals surface area contributed by atoms with Gasteiger partial charge in [-0.3, -0.25) is 38.6 Å². The van der Waals surface area contributed by atoms with Crippen molar-refractivity contribution in [2.24, 2.45) is 11.5 Å². The van der Waals surface area contributed by atoms with Crippen LogP contribution in [-0.4, -0.2) is 84.8 Å². The van der Waals surface area contributed by atoms with Gasteiger partial charge in [-0.2, -0.15) is 0 Å². The summed E-state index contributed by atoms with van der Waals surface area (Å²) in [6.07, 6.45) is 2.57. The van der Waals surface area contributed by atoms with E-state index in [0.717, 1.165) is 9.80 Å². The van der Waals surface area contributed by atoms with Gasteiger partial charge in [0.05, 0.1) is 14.2 Å². The Morgan fingerprint density at radius 1 is 0.625 bits per heavy atom. The predicted molar refractivity (Wildman–Crippen MR) is 142 cm³/mol. The summed E-state index contributed by atoms with van der Waals surface area (Å²) >= 11 is 0. The molecular weight excluding hydrogens is 520 g/mol. The summed E-state index contributed by atoms with van der Waals surface area (Å²) < 4.78 is 9.22. The normalized spacial score (nSPS) is 15.9. The number of imide groups is 2. The van der Waals surface area contributed by atoms with Crippen LogP contribution in [-0.2, 0) is 19.1 Å². The van der Waals surface area contributed by atoms with Gasteiger partial charge in [0, 0.05) is 46.1 Å². The number of ether oxygens (including phenoxy) is 2. The van der Waals surface area contributed by atoms with Crippen molar-refractivity contribution in [1.29, 1.82) is 0 Å². The summed E-state index contributed by atoms with van der Waals surface area (Å²) in [6.45, 7) is 0.253. The first-order chi connectivity index (χ1) is 19.1. The van der Waals surface area contributed by atoms with Gasteiger partial charge in [-0.05, 0) is 62.8 Å². The average Bonchev–Trinajstić information content (AvgIpc) is 2.96. The van der Waals surface area contributed by atoms with Crippen molar-refractivity contribution in [2.45, 2.75) is 50.6 Å². The van der Waals surface area contributed by atoms with Gasteiger partial charge in [-0.15, -0.1) is 0 Å². The SMILES string of the molecule is COC(=O)[C@@H](N)CCCCN1C(=O)c2ccc3c4c(ccc(c24)C1=O)C(=O)N(CCCC[C@H](N)C(=O)OC)C3=O. The number of benzene rings is 2. The highest BCUT2D eigenvalue weighted by molar-refractivity contribution is 6.33. The summed E-state index contributed by atoms with van der Waals surface area (Å²) in [5, 5.41) is 0.610. The highest BCUT2D eigenvalue weighted by Gasteiger charge is 2.39. The van der Waals surface area contributed by atoms with Gasteiger partial charge in [0.2, 0.25) is 0 Å². The van der Waals surface area contributed by atoms with Gasteiger partial charge in [0.15, 0.2) is 0 Å². The molecule has 0 radical (unpaired) electrons. The second-order valence-corrected chi connectivity index (χ2v) is 9.85. The molecule has 4 rings (SSSR count). The minimum absolute atomic E-state index is 0.126. The molecular formula is C28H32N4O8. The Morgan fingerprint density at radius 2 is 0.925 bits per heavy atom. The number of hydrogen-bond donors (Lipinski definition) is 2. The summed E-state index contributed by atoms with van der Waals surface area (Å²) in [5.41, 5.74) is 12.5. The smallest absolute Gasteiger partial charge is 0.322 e. The van der Waals surface area contributed by atoms with Crippen LogP contribution in [0.2, 0.25) is 0 Å². The number of carbonyl (C=O) groups excluding carboxylic acids is 6. The minimum atomic E-state index is -0.776. The second-order valence-electron chi connectivity index (χ2n) is 9.85. The van der Waals surface area contributed by atoms with Crippen molar-refractivity contribution in [2.75, 3.05) is 27.3 Å². The first-order valence-electron chi connectivity index (χ1n) is 13.1. The molecule has 0 bridgehead atoms. The Bertz CT molecular complexity index is 1230. The molecule has 2 aromatic rings. The van der Waals surface area contributed by atoms with Gasteiger partial charge < -0.3 is 20.9 Å². The van der Waals surface area contributed by atoms with Crippen molar-refractivity contribution < 1.29 is 38.2 Å². The van der Waals surface area contributed by atoms with E-state index in [2.05, 4.69) is 9.47 Å². The Morgan fingerprint density at radius 3 is 1.20 bits per heavy atom. The van der Waals surface area contributed by atoms with Gasteiger partial charge in [0.1, 0.15) is 12.1 Å². The number of amides is 4. The van der Waals surface area contributed by atoms with Crippen LogP contribution in [0.25, 0.3) is 10.8 Å². The molecule has 12 nitrogen and oxygen atoms in total. The summed E-state index contributed by atoms with van der Waals surface area (Å²) in [7, 11) is 2.51. The Labute approximate surface area is 230 Å². The van der Waals surface area contributed by atoms with Crippen LogP contribution in [0.3, 0.4) is 0 Å². The lowest BCUT2D eigenvalue weighted by Crippen LogP contribution is -2.43. The first-order valence-corrected chi connectivity index (χ1v) is 13.1. The number of esters is 2. The van der Waals surface area contributed by atoms with Crippen molar-refractivity contribution >= 4 is 46.3 Å². The van der Waals surface area contributed by atoms with E-state index in [9.17, 15) is 28.8 Å². The fourth-order valence-corrected chi connectivity index (χ4v) is 5.19. The molecule has 40 heavy (non-hydrogen) atoms. The van der Waals surface area contributed by atoms with Crippen molar-refractivity contribution in [3.63, 3.8) is 0 Å². The van der Waals surface area contributed by atoms with E-state index in [4.69, 9.17) is 11.5 Å². The van der Waals surface area contributed by atoms with Gasteiger partial charge in [-0.25, -0.2) is 0 Å². The lowest BCUT2D eigenvalue weighted by atomic mass is 9.86. The molecule has 2 aliphatic heterocycles. The highest BCUT2D eigenvalue weighted by Crippen LogP contribution is 2.38. The fourth-order valence-electron chi connectivity index (χ4n) is 5.19. The summed E-state index contributed by atoms with van der Waals surface area (Å²) in [6, 6.07) is 4.51. The third-order valence-electron chi connectivity index (χ3n) is 7.36. The van der Waals surface area contributed by atoms with E-state index in [1.165, 1.54) is 38.5 Å². The topological polar surface area (TPSA) is 179 Å². The molecule has 2 atom stereocenters. The van der Waals surface area contributed by atoms with Crippen LogP contribution in [0, 0.1) is 0 Å². The number of nitrogens with zero attached hydrogens (tertiary/aromatic N) is 2. The Kier molecular flexibility index (Phi) is 8.60. The highest BCUT2D eigenvalue weighted by atomic mass is 16.5. The molecule has 2 aromatic carbocycles.